The monoisotopic (exact) mass is 370 g/mol. The first kappa shape index (κ1) is 17.9. The summed E-state index contributed by atoms with van der Waals surface area (Å²) >= 11 is 0. The second kappa shape index (κ2) is 10.8. The molecule has 1 rings (SSSR count). The van der Waals surface area contributed by atoms with Gasteiger partial charge in [0.15, 0.2) is 5.96 Å². The number of hydrogen-bond acceptors (Lipinski definition) is 3. The van der Waals surface area contributed by atoms with Gasteiger partial charge in [-0.1, -0.05) is 0 Å². The zero-order chi connectivity index (χ0) is 12.5. The highest BCUT2D eigenvalue weighted by atomic mass is 127. The molecule has 1 aliphatic rings. The van der Waals surface area contributed by atoms with Crippen molar-refractivity contribution >= 4 is 29.9 Å². The minimum absolute atomic E-state index is 0. The van der Waals surface area contributed by atoms with Crippen LogP contribution >= 0.6 is 24.0 Å². The minimum atomic E-state index is 0. The fourth-order valence-electron chi connectivity index (χ4n) is 2.06. The fourth-order valence-corrected chi connectivity index (χ4v) is 2.06. The SMILES string of the molecule is COCCNC(N)=NCCC1CCN(C)CC1.I. The first-order chi connectivity index (χ1) is 8.22. The number of hydrogen-bond donors (Lipinski definition) is 2. The Morgan fingerprint density at radius 3 is 2.72 bits per heavy atom. The van der Waals surface area contributed by atoms with E-state index < -0.39 is 0 Å². The topological polar surface area (TPSA) is 62.9 Å². The Labute approximate surface area is 128 Å². The van der Waals surface area contributed by atoms with Crippen LogP contribution in [0.5, 0.6) is 0 Å². The fraction of sp³-hybridized carbons (Fsp3) is 0.917. The molecule has 1 fully saturated rings. The number of halogens is 1. The van der Waals surface area contributed by atoms with Gasteiger partial charge in [0.2, 0.25) is 0 Å². The van der Waals surface area contributed by atoms with Crippen molar-refractivity contribution in [2.75, 3.05) is 46.9 Å². The molecule has 0 amide bonds. The van der Waals surface area contributed by atoms with Gasteiger partial charge in [0.05, 0.1) is 6.61 Å². The zero-order valence-electron chi connectivity index (χ0n) is 11.5. The van der Waals surface area contributed by atoms with Crippen LogP contribution in [0.1, 0.15) is 19.3 Å². The third-order valence-electron chi connectivity index (χ3n) is 3.27. The summed E-state index contributed by atoms with van der Waals surface area (Å²) in [7, 11) is 3.86. The minimum Gasteiger partial charge on any atom is -0.383 e. The first-order valence-corrected chi connectivity index (χ1v) is 6.43. The van der Waals surface area contributed by atoms with Gasteiger partial charge in [-0.15, -0.1) is 24.0 Å². The molecule has 5 nitrogen and oxygen atoms in total. The molecule has 0 aromatic carbocycles. The van der Waals surface area contributed by atoms with E-state index in [4.69, 9.17) is 10.5 Å². The van der Waals surface area contributed by atoms with Crippen LogP contribution in [-0.4, -0.2) is 57.8 Å². The van der Waals surface area contributed by atoms with Crippen LogP contribution in [0.25, 0.3) is 0 Å². The van der Waals surface area contributed by atoms with Crippen molar-refractivity contribution in [3.8, 4) is 0 Å². The van der Waals surface area contributed by atoms with Crippen molar-refractivity contribution in [2.45, 2.75) is 19.3 Å². The molecule has 108 valence electrons. The van der Waals surface area contributed by atoms with E-state index in [9.17, 15) is 0 Å². The third kappa shape index (κ3) is 8.10. The molecule has 1 heterocycles. The quantitative estimate of drug-likeness (QED) is 0.316. The average Bonchev–Trinajstić information content (AvgIpc) is 2.32. The smallest absolute Gasteiger partial charge is 0.188 e. The molecule has 18 heavy (non-hydrogen) atoms. The van der Waals surface area contributed by atoms with E-state index in [1.165, 1.54) is 25.9 Å². The lowest BCUT2D eigenvalue weighted by molar-refractivity contribution is 0.203. The third-order valence-corrected chi connectivity index (χ3v) is 3.27. The molecule has 0 aromatic heterocycles. The Morgan fingerprint density at radius 1 is 1.44 bits per heavy atom. The van der Waals surface area contributed by atoms with Gasteiger partial charge >= 0.3 is 0 Å². The van der Waals surface area contributed by atoms with E-state index in [2.05, 4.69) is 22.3 Å². The summed E-state index contributed by atoms with van der Waals surface area (Å²) in [5.74, 6) is 1.36. The highest BCUT2D eigenvalue weighted by Crippen LogP contribution is 2.19. The predicted molar refractivity (Wildman–Crippen MR) is 86.6 cm³/mol. The van der Waals surface area contributed by atoms with Crippen molar-refractivity contribution in [3.63, 3.8) is 0 Å². The van der Waals surface area contributed by atoms with E-state index in [-0.39, 0.29) is 24.0 Å². The number of nitrogens with two attached hydrogens (primary N) is 1. The van der Waals surface area contributed by atoms with Crippen LogP contribution in [0.4, 0.5) is 0 Å². The number of nitrogens with one attached hydrogen (secondary N) is 1. The Kier molecular flexibility index (Phi) is 10.8. The summed E-state index contributed by atoms with van der Waals surface area (Å²) in [6.07, 6.45) is 3.74. The molecule has 0 atom stereocenters. The molecule has 1 saturated heterocycles. The number of rotatable bonds is 6. The Bertz CT molecular complexity index is 230. The van der Waals surface area contributed by atoms with Gasteiger partial charge in [-0.2, -0.15) is 0 Å². The summed E-state index contributed by atoms with van der Waals surface area (Å²) in [4.78, 5) is 6.71. The zero-order valence-corrected chi connectivity index (χ0v) is 13.9. The first-order valence-electron chi connectivity index (χ1n) is 6.43. The van der Waals surface area contributed by atoms with Crippen molar-refractivity contribution in [1.82, 2.24) is 10.2 Å². The number of ether oxygens (including phenoxy) is 1. The van der Waals surface area contributed by atoms with E-state index in [0.717, 1.165) is 25.4 Å². The molecule has 0 spiro atoms. The average molecular weight is 370 g/mol. The lowest BCUT2D eigenvalue weighted by atomic mass is 9.94. The van der Waals surface area contributed by atoms with E-state index >= 15 is 0 Å². The summed E-state index contributed by atoms with van der Waals surface area (Å²) in [5, 5.41) is 3.02. The van der Waals surface area contributed by atoms with Crippen molar-refractivity contribution in [2.24, 2.45) is 16.6 Å². The molecule has 3 N–H and O–H groups in total. The lowest BCUT2D eigenvalue weighted by Gasteiger charge is -2.28. The number of guanidine groups is 1. The van der Waals surface area contributed by atoms with Crippen LogP contribution in [0.3, 0.4) is 0 Å². The Hall–Kier alpha value is -0.0800. The summed E-state index contributed by atoms with van der Waals surface area (Å²) in [6, 6.07) is 0. The second-order valence-corrected chi connectivity index (χ2v) is 4.72. The maximum Gasteiger partial charge on any atom is 0.188 e. The number of piperidine rings is 1. The number of nitrogens with zero attached hydrogens (tertiary/aromatic N) is 2. The van der Waals surface area contributed by atoms with Gasteiger partial charge in [0.25, 0.3) is 0 Å². The maximum absolute atomic E-state index is 5.73. The molecular weight excluding hydrogens is 343 g/mol. The molecule has 6 heteroatoms. The molecule has 0 aliphatic carbocycles. The molecule has 0 saturated carbocycles. The van der Waals surface area contributed by atoms with Gasteiger partial charge in [-0.3, -0.25) is 4.99 Å². The number of methoxy groups -OCH3 is 1. The molecule has 0 unspecified atom stereocenters. The van der Waals surface area contributed by atoms with Crippen molar-refractivity contribution < 1.29 is 4.74 Å². The van der Waals surface area contributed by atoms with Crippen molar-refractivity contribution in [3.05, 3.63) is 0 Å². The predicted octanol–water partition coefficient (Wildman–Crippen LogP) is 0.887. The second-order valence-electron chi connectivity index (χ2n) is 4.72. The summed E-state index contributed by atoms with van der Waals surface area (Å²) < 4.78 is 4.92. The highest BCUT2D eigenvalue weighted by Gasteiger charge is 2.15. The Morgan fingerprint density at radius 2 is 2.11 bits per heavy atom. The van der Waals surface area contributed by atoms with Crippen LogP contribution in [0, 0.1) is 5.92 Å². The maximum atomic E-state index is 5.73. The lowest BCUT2D eigenvalue weighted by Crippen LogP contribution is -2.34. The van der Waals surface area contributed by atoms with Gasteiger partial charge in [-0.25, -0.2) is 0 Å². The van der Waals surface area contributed by atoms with E-state index in [1.807, 2.05) is 0 Å². The largest absolute Gasteiger partial charge is 0.383 e. The van der Waals surface area contributed by atoms with E-state index in [1.54, 1.807) is 7.11 Å². The van der Waals surface area contributed by atoms with Gasteiger partial charge < -0.3 is 20.7 Å². The van der Waals surface area contributed by atoms with Crippen LogP contribution < -0.4 is 11.1 Å². The van der Waals surface area contributed by atoms with E-state index in [0.29, 0.717) is 12.6 Å². The van der Waals surface area contributed by atoms with Crippen LogP contribution in [0.15, 0.2) is 4.99 Å². The van der Waals surface area contributed by atoms with Crippen molar-refractivity contribution in [1.29, 1.82) is 0 Å². The molecule has 1 aliphatic heterocycles. The highest BCUT2D eigenvalue weighted by molar-refractivity contribution is 14.0. The van der Waals surface area contributed by atoms with Gasteiger partial charge in [-0.05, 0) is 45.3 Å². The normalized spacial score (nSPS) is 18.4. The van der Waals surface area contributed by atoms with Crippen LogP contribution in [0.2, 0.25) is 0 Å². The van der Waals surface area contributed by atoms with Crippen LogP contribution in [-0.2, 0) is 4.74 Å². The summed E-state index contributed by atoms with van der Waals surface area (Å²) in [5.41, 5.74) is 5.73. The number of likely N-dealkylation sites (tertiary alicyclic amines) is 1. The molecule has 0 bridgehead atoms. The van der Waals surface area contributed by atoms with Gasteiger partial charge in [0.1, 0.15) is 0 Å². The molecule has 0 aromatic rings. The Balaban J connectivity index is 0.00000289. The number of aliphatic imine (C=N–C) groups is 1. The summed E-state index contributed by atoms with van der Waals surface area (Å²) in [6.45, 7) is 4.65. The standard InChI is InChI=1S/C12H26N4O.HI/c1-16-8-4-11(5-9-16)3-6-14-12(13)15-7-10-17-2;/h11H,3-10H2,1-2H3,(H3,13,14,15);1H. The van der Waals surface area contributed by atoms with Gasteiger partial charge in [0, 0.05) is 20.2 Å². The molecule has 0 radical (unpaired) electrons. The molecular formula is C12H27IN4O.